The van der Waals surface area contributed by atoms with Crippen LogP contribution in [0.1, 0.15) is 42.1 Å². The largest absolute Gasteiger partial charge is 0.468 e. The Balaban J connectivity index is 1.47. The van der Waals surface area contributed by atoms with Crippen LogP contribution < -0.4 is 0 Å². The van der Waals surface area contributed by atoms with Crippen molar-refractivity contribution in [3.05, 3.63) is 60.1 Å². The molecule has 22 heavy (non-hydrogen) atoms. The van der Waals surface area contributed by atoms with Crippen molar-refractivity contribution in [2.75, 3.05) is 0 Å². The van der Waals surface area contributed by atoms with Gasteiger partial charge < -0.3 is 13.3 Å². The van der Waals surface area contributed by atoms with Gasteiger partial charge in [0.25, 0.3) is 0 Å². The summed E-state index contributed by atoms with van der Waals surface area (Å²) in [7, 11) is 0. The molecule has 0 radical (unpaired) electrons. The normalized spacial score (nSPS) is 14.8. The van der Waals surface area contributed by atoms with Gasteiger partial charge >= 0.3 is 0 Å². The number of nitrogens with zero attached hydrogens (tertiary/aromatic N) is 3. The summed E-state index contributed by atoms with van der Waals surface area (Å²) >= 11 is 0. The zero-order chi connectivity index (χ0) is 14.8. The van der Waals surface area contributed by atoms with Crippen LogP contribution in [0.25, 0.3) is 0 Å². The topological polar surface area (TPSA) is 68.4 Å². The smallest absolute Gasteiger partial charge is 0.230 e. The van der Waals surface area contributed by atoms with Crippen LogP contribution in [0.4, 0.5) is 0 Å². The van der Waals surface area contributed by atoms with Crippen LogP contribution in [0.5, 0.6) is 0 Å². The van der Waals surface area contributed by atoms with E-state index in [-0.39, 0.29) is 0 Å². The van der Waals surface area contributed by atoms with E-state index in [0.717, 1.165) is 30.3 Å². The van der Waals surface area contributed by atoms with Crippen molar-refractivity contribution in [2.45, 2.75) is 38.4 Å². The van der Waals surface area contributed by atoms with Gasteiger partial charge in [0.2, 0.25) is 11.8 Å². The number of hydrogen-bond acceptors (Lipinski definition) is 6. The molecule has 1 fully saturated rings. The minimum absolute atomic E-state index is 0.477. The summed E-state index contributed by atoms with van der Waals surface area (Å²) in [5.74, 6) is 3.68. The van der Waals surface area contributed by atoms with E-state index in [1.807, 2.05) is 24.3 Å². The lowest BCUT2D eigenvalue weighted by Crippen LogP contribution is -2.22. The van der Waals surface area contributed by atoms with Gasteiger partial charge in [-0.1, -0.05) is 0 Å². The van der Waals surface area contributed by atoms with Crippen LogP contribution in [0, 0.1) is 0 Å². The fourth-order valence-corrected chi connectivity index (χ4v) is 2.43. The van der Waals surface area contributed by atoms with Crippen molar-refractivity contribution in [1.29, 1.82) is 0 Å². The van der Waals surface area contributed by atoms with Crippen LogP contribution >= 0.6 is 0 Å². The quantitative estimate of drug-likeness (QED) is 0.666. The Hall–Kier alpha value is -2.34. The second-order valence-corrected chi connectivity index (χ2v) is 5.61. The molecule has 0 amide bonds. The Kier molecular flexibility index (Phi) is 3.52. The van der Waals surface area contributed by atoms with Gasteiger partial charge in [0, 0.05) is 5.92 Å². The third-order valence-corrected chi connectivity index (χ3v) is 3.69. The summed E-state index contributed by atoms with van der Waals surface area (Å²) in [5, 5.41) is 8.29. The first kappa shape index (κ1) is 13.3. The van der Waals surface area contributed by atoms with E-state index in [0.29, 0.717) is 31.4 Å². The second kappa shape index (κ2) is 5.81. The van der Waals surface area contributed by atoms with Gasteiger partial charge in [0.1, 0.15) is 11.5 Å². The van der Waals surface area contributed by atoms with Crippen molar-refractivity contribution >= 4 is 0 Å². The fraction of sp³-hybridized carbons (Fsp3) is 0.375. The number of furan rings is 2. The lowest BCUT2D eigenvalue weighted by atomic mass is 10.3. The van der Waals surface area contributed by atoms with E-state index in [1.165, 1.54) is 0 Å². The summed E-state index contributed by atoms with van der Waals surface area (Å²) in [6.45, 7) is 1.89. The van der Waals surface area contributed by atoms with Crippen LogP contribution in [0.3, 0.4) is 0 Å². The Morgan fingerprint density at radius 2 is 1.64 bits per heavy atom. The van der Waals surface area contributed by atoms with Gasteiger partial charge in [0.05, 0.1) is 32.2 Å². The lowest BCUT2D eigenvalue weighted by Gasteiger charge is -2.17. The lowest BCUT2D eigenvalue weighted by molar-refractivity contribution is 0.189. The summed E-state index contributed by atoms with van der Waals surface area (Å²) < 4.78 is 16.6. The van der Waals surface area contributed by atoms with E-state index in [9.17, 15) is 0 Å². The van der Waals surface area contributed by atoms with Crippen molar-refractivity contribution < 1.29 is 13.3 Å². The molecule has 0 bridgehead atoms. The van der Waals surface area contributed by atoms with Crippen molar-refractivity contribution in [1.82, 2.24) is 15.1 Å². The van der Waals surface area contributed by atoms with Gasteiger partial charge in [-0.25, -0.2) is 0 Å². The number of rotatable bonds is 7. The van der Waals surface area contributed by atoms with Gasteiger partial charge in [-0.2, -0.15) is 0 Å². The molecule has 0 saturated heterocycles. The standard InChI is InChI=1S/C16H17N3O3/c1-3-13(20-7-1)9-19(10-14-4-2-8-21-14)11-15-17-18-16(22-15)12-5-6-12/h1-4,7-8,12H,5-6,9-11H2. The third-order valence-electron chi connectivity index (χ3n) is 3.69. The van der Waals surface area contributed by atoms with E-state index in [4.69, 9.17) is 13.3 Å². The van der Waals surface area contributed by atoms with Gasteiger partial charge in [-0.15, -0.1) is 10.2 Å². The van der Waals surface area contributed by atoms with E-state index in [2.05, 4.69) is 15.1 Å². The fourth-order valence-electron chi connectivity index (χ4n) is 2.43. The summed E-state index contributed by atoms with van der Waals surface area (Å²) in [6.07, 6.45) is 5.67. The molecule has 3 aromatic rings. The highest BCUT2D eigenvalue weighted by Gasteiger charge is 2.29. The summed E-state index contributed by atoms with van der Waals surface area (Å²) in [6, 6.07) is 7.69. The molecule has 0 atom stereocenters. The Bertz CT molecular complexity index is 663. The molecule has 0 unspecified atom stereocenters. The average molecular weight is 299 g/mol. The van der Waals surface area contributed by atoms with Gasteiger partial charge in [0.15, 0.2) is 0 Å². The number of hydrogen-bond donors (Lipinski definition) is 0. The molecule has 1 aliphatic rings. The number of aromatic nitrogens is 2. The average Bonchev–Trinajstić information content (AvgIpc) is 2.96. The predicted octanol–water partition coefficient (Wildman–Crippen LogP) is 3.34. The highest BCUT2D eigenvalue weighted by Crippen LogP contribution is 2.39. The van der Waals surface area contributed by atoms with E-state index in [1.54, 1.807) is 12.5 Å². The zero-order valence-corrected chi connectivity index (χ0v) is 12.1. The molecular weight excluding hydrogens is 282 g/mol. The second-order valence-electron chi connectivity index (χ2n) is 5.61. The van der Waals surface area contributed by atoms with Crippen LogP contribution in [-0.4, -0.2) is 15.1 Å². The molecule has 0 aliphatic heterocycles. The van der Waals surface area contributed by atoms with Crippen molar-refractivity contribution in [3.63, 3.8) is 0 Å². The van der Waals surface area contributed by atoms with Crippen molar-refractivity contribution in [2.24, 2.45) is 0 Å². The molecule has 0 N–H and O–H groups in total. The molecular formula is C16H17N3O3. The monoisotopic (exact) mass is 299 g/mol. The molecule has 0 aromatic carbocycles. The van der Waals surface area contributed by atoms with Crippen LogP contribution in [0.2, 0.25) is 0 Å². The Morgan fingerprint density at radius 3 is 2.18 bits per heavy atom. The van der Waals surface area contributed by atoms with Gasteiger partial charge in [-0.3, -0.25) is 4.90 Å². The minimum Gasteiger partial charge on any atom is -0.468 e. The minimum atomic E-state index is 0.477. The van der Waals surface area contributed by atoms with E-state index < -0.39 is 0 Å². The molecule has 1 aliphatic carbocycles. The molecule has 114 valence electrons. The summed E-state index contributed by atoms with van der Waals surface area (Å²) in [4.78, 5) is 2.15. The molecule has 1 saturated carbocycles. The maximum absolute atomic E-state index is 5.75. The molecule has 3 aromatic heterocycles. The SMILES string of the molecule is c1coc(CN(Cc2ccco2)Cc2nnc(C3CC3)o2)c1. The highest BCUT2D eigenvalue weighted by atomic mass is 16.4. The third kappa shape index (κ3) is 3.12. The first-order valence-corrected chi connectivity index (χ1v) is 7.46. The predicted molar refractivity (Wildman–Crippen MR) is 76.6 cm³/mol. The van der Waals surface area contributed by atoms with Crippen LogP contribution in [-0.2, 0) is 19.6 Å². The molecule has 3 heterocycles. The highest BCUT2D eigenvalue weighted by molar-refractivity contribution is 5.03. The maximum atomic E-state index is 5.75. The first-order chi connectivity index (χ1) is 10.9. The maximum Gasteiger partial charge on any atom is 0.230 e. The Labute approximate surface area is 127 Å². The molecule has 6 nitrogen and oxygen atoms in total. The first-order valence-electron chi connectivity index (χ1n) is 7.46. The Morgan fingerprint density at radius 1 is 0.955 bits per heavy atom. The van der Waals surface area contributed by atoms with Crippen LogP contribution in [0.15, 0.2) is 50.0 Å². The molecule has 4 rings (SSSR count). The zero-order valence-electron chi connectivity index (χ0n) is 12.1. The van der Waals surface area contributed by atoms with E-state index >= 15 is 0 Å². The van der Waals surface area contributed by atoms with Gasteiger partial charge in [-0.05, 0) is 37.1 Å². The van der Waals surface area contributed by atoms with Crippen molar-refractivity contribution in [3.8, 4) is 0 Å². The molecule has 0 spiro atoms. The summed E-state index contributed by atoms with van der Waals surface area (Å²) in [5.41, 5.74) is 0. The molecule has 6 heteroatoms.